The van der Waals surface area contributed by atoms with Gasteiger partial charge in [-0.2, -0.15) is 0 Å². The SMILES string of the molecule is CN=C(NCCOc1ccc(C(C)(C)C)cc1)NC1CCN(C(=O)C(C)C)C1. The zero-order valence-electron chi connectivity index (χ0n) is 18.2. The molecule has 1 unspecified atom stereocenters. The van der Waals surface area contributed by atoms with Gasteiger partial charge < -0.3 is 20.3 Å². The van der Waals surface area contributed by atoms with Gasteiger partial charge in [-0.1, -0.05) is 46.8 Å². The molecule has 1 aliphatic rings. The summed E-state index contributed by atoms with van der Waals surface area (Å²) in [6.07, 6.45) is 0.940. The van der Waals surface area contributed by atoms with Crippen molar-refractivity contribution in [1.29, 1.82) is 0 Å². The molecule has 1 heterocycles. The molecule has 0 saturated carbocycles. The molecular weight excluding hydrogens is 352 g/mol. The Hall–Kier alpha value is -2.24. The van der Waals surface area contributed by atoms with Crippen LogP contribution in [0.15, 0.2) is 29.3 Å². The van der Waals surface area contributed by atoms with Crippen LogP contribution in [-0.2, 0) is 10.2 Å². The molecule has 1 fully saturated rings. The lowest BCUT2D eigenvalue weighted by molar-refractivity contribution is -0.133. The number of nitrogens with zero attached hydrogens (tertiary/aromatic N) is 2. The molecule has 1 saturated heterocycles. The van der Waals surface area contributed by atoms with E-state index in [2.05, 4.69) is 48.5 Å². The molecule has 0 aliphatic carbocycles. The number of carbonyl (C=O) groups is 1. The van der Waals surface area contributed by atoms with E-state index in [1.807, 2.05) is 30.9 Å². The average Bonchev–Trinajstić information content (AvgIpc) is 3.11. The maximum atomic E-state index is 12.1. The van der Waals surface area contributed by atoms with Crippen molar-refractivity contribution in [2.45, 2.75) is 52.5 Å². The Bertz CT molecular complexity index is 662. The van der Waals surface area contributed by atoms with Crippen molar-refractivity contribution >= 4 is 11.9 Å². The molecule has 1 aliphatic heterocycles. The fraction of sp³-hybridized carbons (Fsp3) is 0.636. The van der Waals surface area contributed by atoms with Crippen molar-refractivity contribution < 1.29 is 9.53 Å². The number of carbonyl (C=O) groups excluding carboxylic acids is 1. The van der Waals surface area contributed by atoms with Gasteiger partial charge in [0.25, 0.3) is 0 Å². The van der Waals surface area contributed by atoms with Crippen LogP contribution in [0.1, 0.15) is 46.6 Å². The summed E-state index contributed by atoms with van der Waals surface area (Å²) < 4.78 is 5.82. The van der Waals surface area contributed by atoms with E-state index in [1.54, 1.807) is 7.05 Å². The number of nitrogens with one attached hydrogen (secondary N) is 2. The molecule has 1 amide bonds. The van der Waals surface area contributed by atoms with Gasteiger partial charge in [-0.15, -0.1) is 0 Å². The molecule has 2 N–H and O–H groups in total. The monoisotopic (exact) mass is 388 g/mol. The van der Waals surface area contributed by atoms with E-state index in [-0.39, 0.29) is 23.3 Å². The molecule has 2 rings (SSSR count). The Labute approximate surface area is 169 Å². The molecule has 156 valence electrons. The number of ether oxygens (including phenoxy) is 1. The van der Waals surface area contributed by atoms with Crippen molar-refractivity contribution in [3.05, 3.63) is 29.8 Å². The van der Waals surface area contributed by atoms with Crippen molar-refractivity contribution in [2.24, 2.45) is 10.9 Å². The van der Waals surface area contributed by atoms with E-state index < -0.39 is 0 Å². The first-order valence-electron chi connectivity index (χ1n) is 10.2. The number of hydrogen-bond donors (Lipinski definition) is 2. The Morgan fingerprint density at radius 3 is 2.54 bits per heavy atom. The number of aliphatic imine (C=N–C) groups is 1. The predicted molar refractivity (Wildman–Crippen MR) is 115 cm³/mol. The van der Waals surface area contributed by atoms with Gasteiger partial charge in [-0.3, -0.25) is 9.79 Å². The topological polar surface area (TPSA) is 66.0 Å². The molecule has 0 radical (unpaired) electrons. The van der Waals surface area contributed by atoms with Gasteiger partial charge in [-0.25, -0.2) is 0 Å². The Kier molecular flexibility index (Phi) is 7.72. The van der Waals surface area contributed by atoms with Crippen molar-refractivity contribution in [3.8, 4) is 5.75 Å². The molecule has 1 aromatic rings. The standard InChI is InChI=1S/C22H36N4O2/c1-16(2)20(27)26-13-11-18(15-26)25-21(23-6)24-12-14-28-19-9-7-17(8-10-19)22(3,4)5/h7-10,16,18H,11-15H2,1-6H3,(H2,23,24,25). The van der Waals surface area contributed by atoms with Gasteiger partial charge >= 0.3 is 0 Å². The highest BCUT2D eigenvalue weighted by atomic mass is 16.5. The van der Waals surface area contributed by atoms with Crippen molar-refractivity contribution in [3.63, 3.8) is 0 Å². The number of hydrogen-bond acceptors (Lipinski definition) is 3. The maximum absolute atomic E-state index is 12.1. The van der Waals surface area contributed by atoms with Crippen molar-refractivity contribution in [2.75, 3.05) is 33.3 Å². The van der Waals surface area contributed by atoms with Crippen LogP contribution in [0.2, 0.25) is 0 Å². The number of rotatable bonds is 6. The Balaban J connectivity index is 1.71. The minimum absolute atomic E-state index is 0.0470. The van der Waals surface area contributed by atoms with Crippen LogP contribution in [-0.4, -0.2) is 56.1 Å². The first-order valence-corrected chi connectivity index (χ1v) is 10.2. The summed E-state index contributed by atoms with van der Waals surface area (Å²) in [4.78, 5) is 18.3. The first-order chi connectivity index (χ1) is 13.2. The van der Waals surface area contributed by atoms with E-state index in [0.29, 0.717) is 13.2 Å². The largest absolute Gasteiger partial charge is 0.492 e. The molecule has 1 aromatic carbocycles. The second-order valence-corrected chi connectivity index (χ2v) is 8.69. The quantitative estimate of drug-likeness (QED) is 0.447. The van der Waals surface area contributed by atoms with Crippen LogP contribution in [0.3, 0.4) is 0 Å². The lowest BCUT2D eigenvalue weighted by Gasteiger charge is -2.20. The average molecular weight is 389 g/mol. The Morgan fingerprint density at radius 2 is 1.96 bits per heavy atom. The minimum Gasteiger partial charge on any atom is -0.492 e. The summed E-state index contributed by atoms with van der Waals surface area (Å²) in [6, 6.07) is 8.51. The van der Waals surface area contributed by atoms with E-state index >= 15 is 0 Å². The predicted octanol–water partition coefficient (Wildman–Crippen LogP) is 2.78. The maximum Gasteiger partial charge on any atom is 0.225 e. The van der Waals surface area contributed by atoms with Crippen LogP contribution in [0.5, 0.6) is 5.75 Å². The first kappa shape index (κ1) is 22.1. The molecule has 0 bridgehead atoms. The fourth-order valence-electron chi connectivity index (χ4n) is 3.22. The Morgan fingerprint density at radius 1 is 1.29 bits per heavy atom. The van der Waals surface area contributed by atoms with Gasteiger partial charge in [-0.05, 0) is 29.5 Å². The zero-order valence-corrected chi connectivity index (χ0v) is 18.2. The molecule has 6 nitrogen and oxygen atoms in total. The summed E-state index contributed by atoms with van der Waals surface area (Å²) >= 11 is 0. The molecule has 1 atom stereocenters. The van der Waals surface area contributed by atoms with Crippen LogP contribution in [0, 0.1) is 5.92 Å². The summed E-state index contributed by atoms with van der Waals surface area (Å²) in [6.45, 7) is 13.2. The molecule has 0 spiro atoms. The van der Waals surface area contributed by atoms with Crippen LogP contribution < -0.4 is 15.4 Å². The summed E-state index contributed by atoms with van der Waals surface area (Å²) in [7, 11) is 1.76. The third-order valence-electron chi connectivity index (χ3n) is 4.94. The second-order valence-electron chi connectivity index (χ2n) is 8.69. The van der Waals surface area contributed by atoms with Crippen LogP contribution in [0.4, 0.5) is 0 Å². The van der Waals surface area contributed by atoms with Gasteiger partial charge in [0, 0.05) is 32.1 Å². The zero-order chi connectivity index (χ0) is 20.7. The highest BCUT2D eigenvalue weighted by molar-refractivity contribution is 5.81. The van der Waals surface area contributed by atoms with E-state index in [9.17, 15) is 4.79 Å². The van der Waals surface area contributed by atoms with Gasteiger partial charge in [0.15, 0.2) is 5.96 Å². The van der Waals surface area contributed by atoms with Crippen LogP contribution >= 0.6 is 0 Å². The number of amides is 1. The third-order valence-corrected chi connectivity index (χ3v) is 4.94. The van der Waals surface area contributed by atoms with E-state index in [0.717, 1.165) is 31.2 Å². The highest BCUT2D eigenvalue weighted by Crippen LogP contribution is 2.24. The lowest BCUT2D eigenvalue weighted by atomic mass is 9.87. The van der Waals surface area contributed by atoms with Gasteiger partial charge in [0.05, 0.1) is 6.54 Å². The van der Waals surface area contributed by atoms with E-state index in [1.165, 1.54) is 5.56 Å². The number of guanidine groups is 1. The smallest absolute Gasteiger partial charge is 0.225 e. The number of benzene rings is 1. The third kappa shape index (κ3) is 6.43. The van der Waals surface area contributed by atoms with E-state index in [4.69, 9.17) is 4.74 Å². The fourth-order valence-corrected chi connectivity index (χ4v) is 3.22. The summed E-state index contributed by atoms with van der Waals surface area (Å²) in [5, 5.41) is 6.68. The summed E-state index contributed by atoms with van der Waals surface area (Å²) in [5.74, 6) is 1.89. The van der Waals surface area contributed by atoms with Gasteiger partial charge in [0.1, 0.15) is 12.4 Å². The summed E-state index contributed by atoms with van der Waals surface area (Å²) in [5.41, 5.74) is 1.44. The molecule has 6 heteroatoms. The van der Waals surface area contributed by atoms with Crippen molar-refractivity contribution in [1.82, 2.24) is 15.5 Å². The van der Waals surface area contributed by atoms with Crippen LogP contribution in [0.25, 0.3) is 0 Å². The minimum atomic E-state index is 0.0470. The molecule has 0 aromatic heterocycles. The lowest BCUT2D eigenvalue weighted by Crippen LogP contribution is -2.46. The molecular formula is C22H36N4O2. The second kappa shape index (κ2) is 9.80. The molecule has 28 heavy (non-hydrogen) atoms. The highest BCUT2D eigenvalue weighted by Gasteiger charge is 2.27. The normalized spacial score (nSPS) is 17.8. The number of likely N-dealkylation sites (tertiary alicyclic amines) is 1. The van der Waals surface area contributed by atoms with Gasteiger partial charge in [0.2, 0.25) is 5.91 Å².